The maximum Gasteiger partial charge on any atom is 0.121 e. The van der Waals surface area contributed by atoms with Crippen LogP contribution in [0.25, 0.3) is 0 Å². The second kappa shape index (κ2) is 9.70. The van der Waals surface area contributed by atoms with E-state index in [1.165, 1.54) is 0 Å². The van der Waals surface area contributed by atoms with E-state index in [2.05, 4.69) is 30.2 Å². The zero-order chi connectivity index (χ0) is 16.3. The van der Waals surface area contributed by atoms with Crippen molar-refractivity contribution in [3.8, 4) is 11.5 Å². The van der Waals surface area contributed by atoms with E-state index >= 15 is 0 Å². The number of ether oxygens (including phenoxy) is 2. The summed E-state index contributed by atoms with van der Waals surface area (Å²) in [5, 5.41) is 0. The molecule has 0 saturated heterocycles. The minimum Gasteiger partial charge on any atom is -0.492 e. The maximum absolute atomic E-state index is 5.89. The molecule has 1 aromatic carbocycles. The molecule has 0 aromatic heterocycles. The Labute approximate surface area is 139 Å². The second-order valence-electron chi connectivity index (χ2n) is 5.36. The van der Waals surface area contributed by atoms with E-state index in [-0.39, 0.29) is 6.10 Å². The summed E-state index contributed by atoms with van der Waals surface area (Å²) in [5.41, 5.74) is 0. The molecule has 1 aliphatic carbocycles. The predicted molar refractivity (Wildman–Crippen MR) is 96.1 cm³/mol. The number of allylic oxidation sites excluding steroid dienone is 2. The average molecular weight is 311 g/mol. The summed E-state index contributed by atoms with van der Waals surface area (Å²) in [6, 6.07) is 7.80. The number of benzene rings is 1. The molecule has 0 spiro atoms. The molecule has 3 nitrogen and oxygen atoms in total. The Hall–Kier alpha value is -2.26. The molecule has 23 heavy (non-hydrogen) atoms. The minimum absolute atomic E-state index is 0.123. The topological polar surface area (TPSA) is 21.7 Å². The average Bonchev–Trinajstić information content (AvgIpc) is 2.58. The monoisotopic (exact) mass is 311 g/mol. The van der Waals surface area contributed by atoms with Crippen LogP contribution in [-0.4, -0.2) is 37.2 Å². The van der Waals surface area contributed by atoms with Crippen LogP contribution in [0.4, 0.5) is 0 Å². The summed E-state index contributed by atoms with van der Waals surface area (Å²) >= 11 is 0. The molecule has 0 saturated carbocycles. The Kier molecular flexibility index (Phi) is 7.21. The molecule has 1 atom stereocenters. The van der Waals surface area contributed by atoms with Gasteiger partial charge in [-0.05, 0) is 30.3 Å². The molecule has 122 valence electrons. The fraction of sp³-hybridized carbons (Fsp3) is 0.300. The summed E-state index contributed by atoms with van der Waals surface area (Å²) in [6.07, 6.45) is 13.1. The van der Waals surface area contributed by atoms with Gasteiger partial charge in [-0.1, -0.05) is 30.4 Å². The van der Waals surface area contributed by atoms with Gasteiger partial charge in [-0.15, -0.1) is 13.2 Å². The summed E-state index contributed by atoms with van der Waals surface area (Å²) in [4.78, 5) is 2.22. The van der Waals surface area contributed by atoms with Crippen molar-refractivity contribution in [2.45, 2.75) is 12.5 Å². The number of hydrogen-bond donors (Lipinski definition) is 0. The Balaban J connectivity index is 1.75. The van der Waals surface area contributed by atoms with Gasteiger partial charge in [-0.2, -0.15) is 0 Å². The first-order chi connectivity index (χ1) is 11.3. The van der Waals surface area contributed by atoms with Gasteiger partial charge in [0, 0.05) is 26.1 Å². The maximum atomic E-state index is 5.89. The Morgan fingerprint density at radius 3 is 2.35 bits per heavy atom. The van der Waals surface area contributed by atoms with Crippen LogP contribution < -0.4 is 9.47 Å². The van der Waals surface area contributed by atoms with Gasteiger partial charge in [-0.25, -0.2) is 0 Å². The summed E-state index contributed by atoms with van der Waals surface area (Å²) in [7, 11) is 0. The lowest BCUT2D eigenvalue weighted by molar-refractivity contribution is 0.234. The van der Waals surface area contributed by atoms with Crippen LogP contribution in [0.3, 0.4) is 0 Å². The molecule has 0 radical (unpaired) electrons. The van der Waals surface area contributed by atoms with Crippen molar-refractivity contribution in [3.05, 3.63) is 73.9 Å². The SMILES string of the molecule is C=CCN(CC=C)CCOc1ccc(OC2C=CC=CC2)cc1. The van der Waals surface area contributed by atoms with E-state index < -0.39 is 0 Å². The summed E-state index contributed by atoms with van der Waals surface area (Å²) in [6.45, 7) is 10.7. The van der Waals surface area contributed by atoms with Gasteiger partial charge in [-0.3, -0.25) is 4.90 Å². The highest BCUT2D eigenvalue weighted by Gasteiger charge is 2.07. The normalized spacial score (nSPS) is 16.3. The molecular formula is C20H25NO2. The lowest BCUT2D eigenvalue weighted by Crippen LogP contribution is -2.28. The van der Waals surface area contributed by atoms with Crippen molar-refractivity contribution >= 4 is 0 Å². The first-order valence-corrected chi connectivity index (χ1v) is 7.99. The molecule has 2 rings (SSSR count). The van der Waals surface area contributed by atoms with Crippen molar-refractivity contribution < 1.29 is 9.47 Å². The van der Waals surface area contributed by atoms with E-state index in [9.17, 15) is 0 Å². The molecule has 0 heterocycles. The van der Waals surface area contributed by atoms with E-state index in [1.54, 1.807) is 0 Å². The second-order valence-corrected chi connectivity index (χ2v) is 5.36. The lowest BCUT2D eigenvalue weighted by atomic mass is 10.1. The fourth-order valence-corrected chi connectivity index (χ4v) is 2.35. The van der Waals surface area contributed by atoms with E-state index in [1.807, 2.05) is 48.6 Å². The van der Waals surface area contributed by atoms with Crippen LogP contribution in [0.15, 0.2) is 73.9 Å². The largest absolute Gasteiger partial charge is 0.492 e. The van der Waals surface area contributed by atoms with Gasteiger partial charge in [0.2, 0.25) is 0 Å². The Morgan fingerprint density at radius 1 is 1.04 bits per heavy atom. The van der Waals surface area contributed by atoms with E-state index in [4.69, 9.17) is 9.47 Å². The van der Waals surface area contributed by atoms with Crippen LogP contribution in [0.1, 0.15) is 6.42 Å². The van der Waals surface area contributed by atoms with Crippen LogP contribution in [-0.2, 0) is 0 Å². The quantitative estimate of drug-likeness (QED) is 0.610. The van der Waals surface area contributed by atoms with Crippen LogP contribution in [0, 0.1) is 0 Å². The molecular weight excluding hydrogens is 286 g/mol. The number of nitrogens with zero attached hydrogens (tertiary/aromatic N) is 1. The van der Waals surface area contributed by atoms with Crippen molar-refractivity contribution in [1.29, 1.82) is 0 Å². The van der Waals surface area contributed by atoms with E-state index in [0.29, 0.717) is 6.61 Å². The Bertz CT molecular complexity index is 535. The molecule has 0 bridgehead atoms. The first kappa shape index (κ1) is 17.1. The molecule has 0 N–H and O–H groups in total. The number of rotatable bonds is 10. The van der Waals surface area contributed by atoms with Gasteiger partial charge in [0.15, 0.2) is 0 Å². The highest BCUT2D eigenvalue weighted by atomic mass is 16.5. The zero-order valence-corrected chi connectivity index (χ0v) is 13.6. The van der Waals surface area contributed by atoms with Crippen molar-refractivity contribution in [2.24, 2.45) is 0 Å². The lowest BCUT2D eigenvalue weighted by Gasteiger charge is -2.19. The smallest absolute Gasteiger partial charge is 0.121 e. The van der Waals surface area contributed by atoms with Gasteiger partial charge >= 0.3 is 0 Å². The van der Waals surface area contributed by atoms with Gasteiger partial charge < -0.3 is 9.47 Å². The predicted octanol–water partition coefficient (Wildman–Crippen LogP) is 4.00. The van der Waals surface area contributed by atoms with Crippen molar-refractivity contribution in [3.63, 3.8) is 0 Å². The van der Waals surface area contributed by atoms with Gasteiger partial charge in [0.1, 0.15) is 24.2 Å². The van der Waals surface area contributed by atoms with Crippen LogP contribution in [0.2, 0.25) is 0 Å². The fourth-order valence-electron chi connectivity index (χ4n) is 2.35. The molecule has 0 amide bonds. The number of hydrogen-bond acceptors (Lipinski definition) is 3. The van der Waals surface area contributed by atoms with E-state index in [0.717, 1.165) is 37.6 Å². The summed E-state index contributed by atoms with van der Waals surface area (Å²) in [5.74, 6) is 1.72. The first-order valence-electron chi connectivity index (χ1n) is 7.99. The summed E-state index contributed by atoms with van der Waals surface area (Å²) < 4.78 is 11.7. The molecule has 1 unspecified atom stereocenters. The zero-order valence-electron chi connectivity index (χ0n) is 13.6. The molecule has 3 heteroatoms. The van der Waals surface area contributed by atoms with Gasteiger partial charge in [0.25, 0.3) is 0 Å². The standard InChI is InChI=1S/C20H25NO2/c1-3-14-21(15-4-2)16-17-22-18-10-12-20(13-11-18)23-19-8-6-5-7-9-19/h3-8,10-13,19H,1-2,9,14-17H2. The molecule has 1 aliphatic rings. The molecule has 0 fully saturated rings. The Morgan fingerprint density at radius 2 is 1.74 bits per heavy atom. The molecule has 1 aromatic rings. The highest BCUT2D eigenvalue weighted by molar-refractivity contribution is 5.32. The van der Waals surface area contributed by atoms with Gasteiger partial charge in [0.05, 0.1) is 0 Å². The minimum atomic E-state index is 0.123. The molecule has 0 aliphatic heterocycles. The third-order valence-electron chi connectivity index (χ3n) is 3.50. The highest BCUT2D eigenvalue weighted by Crippen LogP contribution is 2.20. The third-order valence-corrected chi connectivity index (χ3v) is 3.50. The van der Waals surface area contributed by atoms with Crippen LogP contribution >= 0.6 is 0 Å². The van der Waals surface area contributed by atoms with Crippen molar-refractivity contribution in [1.82, 2.24) is 4.90 Å². The van der Waals surface area contributed by atoms with Crippen molar-refractivity contribution in [2.75, 3.05) is 26.2 Å². The third kappa shape index (κ3) is 6.17. The van der Waals surface area contributed by atoms with Crippen LogP contribution in [0.5, 0.6) is 11.5 Å².